The quantitative estimate of drug-likeness (QED) is 0.451. The molecule has 0 bridgehead atoms. The van der Waals surface area contributed by atoms with E-state index in [1.54, 1.807) is 7.05 Å². The van der Waals surface area contributed by atoms with Gasteiger partial charge in [0.15, 0.2) is 0 Å². The first-order chi connectivity index (χ1) is 6.11. The number of hydrogen-bond acceptors (Lipinski definition) is 4. The molecule has 0 aliphatic heterocycles. The first-order valence-electron chi connectivity index (χ1n) is 4.90. The molecule has 0 saturated heterocycles. The van der Waals surface area contributed by atoms with E-state index in [9.17, 15) is 10.2 Å². The lowest BCUT2D eigenvalue weighted by molar-refractivity contribution is -0.0690. The van der Waals surface area contributed by atoms with Crippen LogP contribution in [0.5, 0.6) is 0 Å². The molecule has 1 aliphatic rings. The van der Waals surface area contributed by atoms with Gasteiger partial charge in [0.25, 0.3) is 0 Å². The maximum absolute atomic E-state index is 9.74. The van der Waals surface area contributed by atoms with Gasteiger partial charge in [-0.15, -0.1) is 0 Å². The molecule has 13 heavy (non-hydrogen) atoms. The Morgan fingerprint density at radius 2 is 2.00 bits per heavy atom. The van der Waals surface area contributed by atoms with Crippen molar-refractivity contribution in [2.75, 3.05) is 7.05 Å². The number of aliphatic hydroxyl groups excluding tert-OH is 2. The van der Waals surface area contributed by atoms with Crippen LogP contribution in [0.25, 0.3) is 0 Å². The summed E-state index contributed by atoms with van der Waals surface area (Å²) in [4.78, 5) is 0. The predicted octanol–water partition coefficient (Wildman–Crippen LogP) is -0.947. The molecule has 1 fully saturated rings. The second-order valence-corrected chi connectivity index (χ2v) is 3.85. The van der Waals surface area contributed by atoms with Crippen molar-refractivity contribution in [3.8, 4) is 0 Å². The zero-order valence-corrected chi connectivity index (χ0v) is 8.27. The summed E-state index contributed by atoms with van der Waals surface area (Å²) in [6.07, 6.45) is 0.171. The van der Waals surface area contributed by atoms with E-state index in [1.807, 2.05) is 6.92 Å². The highest BCUT2D eigenvalue weighted by Crippen LogP contribution is 2.26. The van der Waals surface area contributed by atoms with Crippen molar-refractivity contribution in [3.63, 3.8) is 0 Å². The van der Waals surface area contributed by atoms with Crippen molar-refractivity contribution in [3.05, 3.63) is 0 Å². The molecule has 0 amide bonds. The number of nitrogens with two attached hydrogens (primary N) is 1. The van der Waals surface area contributed by atoms with Crippen molar-refractivity contribution >= 4 is 0 Å². The van der Waals surface area contributed by atoms with E-state index in [0.29, 0.717) is 0 Å². The van der Waals surface area contributed by atoms with Gasteiger partial charge in [-0.25, -0.2) is 0 Å². The van der Waals surface area contributed by atoms with Gasteiger partial charge in [-0.05, 0) is 19.9 Å². The molecule has 0 spiro atoms. The highest BCUT2D eigenvalue weighted by molar-refractivity contribution is 4.96. The molecule has 78 valence electrons. The van der Waals surface area contributed by atoms with Crippen LogP contribution in [0, 0.1) is 5.92 Å². The summed E-state index contributed by atoms with van der Waals surface area (Å²) in [7, 11) is 1.78. The average Bonchev–Trinajstić information content (AvgIpc) is 2.12. The fourth-order valence-corrected chi connectivity index (χ4v) is 2.18. The van der Waals surface area contributed by atoms with E-state index >= 15 is 0 Å². The van der Waals surface area contributed by atoms with E-state index in [-0.39, 0.29) is 18.0 Å². The predicted molar refractivity (Wildman–Crippen MR) is 51.2 cm³/mol. The molecule has 4 nitrogen and oxygen atoms in total. The lowest BCUT2D eigenvalue weighted by Crippen LogP contribution is -2.58. The fraction of sp³-hybridized carbons (Fsp3) is 1.00. The Kier molecular flexibility index (Phi) is 3.67. The lowest BCUT2D eigenvalue weighted by atomic mass is 9.77. The van der Waals surface area contributed by atoms with Gasteiger partial charge in [0.2, 0.25) is 0 Å². The molecule has 1 saturated carbocycles. The summed E-state index contributed by atoms with van der Waals surface area (Å²) < 4.78 is 0. The molecule has 4 unspecified atom stereocenters. The zero-order valence-electron chi connectivity index (χ0n) is 8.27. The number of nitrogens with one attached hydrogen (secondary N) is 1. The maximum atomic E-state index is 9.74. The van der Waals surface area contributed by atoms with Crippen molar-refractivity contribution in [2.45, 2.75) is 44.1 Å². The molecule has 0 aromatic heterocycles. The third kappa shape index (κ3) is 2.02. The Bertz CT molecular complexity index is 166. The highest BCUT2D eigenvalue weighted by Gasteiger charge is 2.40. The number of likely N-dealkylation sites (N-methyl/N-ethyl adjacent to an activating group) is 1. The van der Waals surface area contributed by atoms with Crippen LogP contribution in [0.3, 0.4) is 0 Å². The first kappa shape index (κ1) is 10.9. The summed E-state index contributed by atoms with van der Waals surface area (Å²) in [5.74, 6) is 0.0274. The van der Waals surface area contributed by atoms with Gasteiger partial charge < -0.3 is 21.3 Å². The second kappa shape index (κ2) is 4.37. The molecule has 4 heteroatoms. The van der Waals surface area contributed by atoms with Gasteiger partial charge in [-0.3, -0.25) is 0 Å². The Hall–Kier alpha value is -0.160. The molecule has 0 aromatic carbocycles. The minimum absolute atomic E-state index is 0.0131. The molecule has 0 radical (unpaired) electrons. The van der Waals surface area contributed by atoms with Crippen LogP contribution in [0.2, 0.25) is 0 Å². The second-order valence-electron chi connectivity index (χ2n) is 3.85. The van der Waals surface area contributed by atoms with E-state index in [1.165, 1.54) is 0 Å². The topological polar surface area (TPSA) is 78.5 Å². The average molecular weight is 188 g/mol. The largest absolute Gasteiger partial charge is 0.390 e. The van der Waals surface area contributed by atoms with E-state index in [0.717, 1.165) is 12.8 Å². The van der Waals surface area contributed by atoms with Gasteiger partial charge in [0, 0.05) is 18.0 Å². The third-order valence-corrected chi connectivity index (χ3v) is 3.12. The van der Waals surface area contributed by atoms with E-state index in [4.69, 9.17) is 5.73 Å². The zero-order chi connectivity index (χ0) is 10.0. The minimum atomic E-state index is -0.689. The van der Waals surface area contributed by atoms with Crippen LogP contribution in [0.15, 0.2) is 0 Å². The Labute approximate surface area is 79.1 Å². The Balaban J connectivity index is 2.66. The fourth-order valence-electron chi connectivity index (χ4n) is 2.18. The molecule has 1 rings (SSSR count). The molecule has 5 N–H and O–H groups in total. The molecular weight excluding hydrogens is 168 g/mol. The standard InChI is InChI=1S/C9H20N2O2/c1-3-5-6(10)4-7(11-2)9(13)8(5)12/h5-9,11-13H,3-4,10H2,1-2H3/t5-,6?,7?,8?,9?/m0/s1. The monoisotopic (exact) mass is 188 g/mol. The van der Waals surface area contributed by atoms with Crippen molar-refractivity contribution in [1.82, 2.24) is 5.32 Å². The van der Waals surface area contributed by atoms with Gasteiger partial charge in [-0.2, -0.15) is 0 Å². The van der Waals surface area contributed by atoms with Crippen molar-refractivity contribution in [2.24, 2.45) is 11.7 Å². The highest BCUT2D eigenvalue weighted by atomic mass is 16.3. The SMILES string of the molecule is CC[C@H]1C(N)CC(NC)C(O)C1O. The molecule has 1 aliphatic carbocycles. The summed E-state index contributed by atoms with van der Waals surface area (Å²) >= 11 is 0. The van der Waals surface area contributed by atoms with Crippen LogP contribution in [-0.2, 0) is 0 Å². The summed E-state index contributed by atoms with van der Waals surface area (Å²) in [6, 6.07) is -0.0892. The lowest BCUT2D eigenvalue weighted by Gasteiger charge is -2.41. The summed E-state index contributed by atoms with van der Waals surface area (Å²) in [5.41, 5.74) is 5.90. The van der Waals surface area contributed by atoms with Gasteiger partial charge >= 0.3 is 0 Å². The van der Waals surface area contributed by atoms with E-state index < -0.39 is 12.2 Å². The van der Waals surface area contributed by atoms with E-state index in [2.05, 4.69) is 5.32 Å². The number of aliphatic hydroxyl groups is 2. The van der Waals surface area contributed by atoms with Gasteiger partial charge in [0.05, 0.1) is 12.2 Å². The van der Waals surface area contributed by atoms with Crippen LogP contribution >= 0.6 is 0 Å². The minimum Gasteiger partial charge on any atom is -0.390 e. The van der Waals surface area contributed by atoms with Crippen LogP contribution < -0.4 is 11.1 Å². The Morgan fingerprint density at radius 1 is 1.38 bits per heavy atom. The van der Waals surface area contributed by atoms with Crippen molar-refractivity contribution < 1.29 is 10.2 Å². The first-order valence-corrected chi connectivity index (χ1v) is 4.90. The van der Waals surface area contributed by atoms with Gasteiger partial charge in [-0.1, -0.05) is 6.92 Å². The summed E-state index contributed by atoms with van der Waals surface area (Å²) in [6.45, 7) is 1.99. The Morgan fingerprint density at radius 3 is 2.46 bits per heavy atom. The summed E-state index contributed by atoms with van der Waals surface area (Å²) in [5, 5.41) is 22.4. The van der Waals surface area contributed by atoms with Crippen LogP contribution in [0.1, 0.15) is 19.8 Å². The van der Waals surface area contributed by atoms with Crippen LogP contribution in [-0.4, -0.2) is 41.6 Å². The third-order valence-electron chi connectivity index (χ3n) is 3.12. The molecule has 0 aromatic rings. The smallest absolute Gasteiger partial charge is 0.0955 e. The molecular formula is C9H20N2O2. The maximum Gasteiger partial charge on any atom is 0.0955 e. The van der Waals surface area contributed by atoms with Gasteiger partial charge in [0.1, 0.15) is 0 Å². The molecule has 0 heterocycles. The molecule has 5 atom stereocenters. The number of rotatable bonds is 2. The number of hydrogen-bond donors (Lipinski definition) is 4. The van der Waals surface area contributed by atoms with Crippen LogP contribution in [0.4, 0.5) is 0 Å². The normalized spacial score (nSPS) is 46.4. The van der Waals surface area contributed by atoms with Crippen molar-refractivity contribution in [1.29, 1.82) is 0 Å².